The molecule has 2 rings (SSSR count). The Kier molecular flexibility index (Phi) is 5.12. The summed E-state index contributed by atoms with van der Waals surface area (Å²) in [6, 6.07) is 6.72. The molecule has 0 atom stereocenters. The van der Waals surface area contributed by atoms with Gasteiger partial charge in [-0.2, -0.15) is 0 Å². The summed E-state index contributed by atoms with van der Waals surface area (Å²) in [4.78, 5) is 2.39. The molecule has 0 amide bonds. The van der Waals surface area contributed by atoms with Gasteiger partial charge in [0.05, 0.1) is 0 Å². The SMILES string of the molecule is CC(C)NCc1cc(Cl)ccc1N(C)CC1CCC1. The Bertz CT molecular complexity index is 413. The highest BCUT2D eigenvalue weighted by molar-refractivity contribution is 6.30. The van der Waals surface area contributed by atoms with Crippen molar-refractivity contribution >= 4 is 17.3 Å². The minimum absolute atomic E-state index is 0.490. The average Bonchev–Trinajstić information content (AvgIpc) is 2.31. The van der Waals surface area contributed by atoms with Crippen molar-refractivity contribution in [3.05, 3.63) is 28.8 Å². The van der Waals surface area contributed by atoms with Crippen LogP contribution in [-0.4, -0.2) is 19.6 Å². The quantitative estimate of drug-likeness (QED) is 0.845. The van der Waals surface area contributed by atoms with Crippen LogP contribution in [0.3, 0.4) is 0 Å². The van der Waals surface area contributed by atoms with E-state index in [0.29, 0.717) is 6.04 Å². The van der Waals surface area contributed by atoms with Crippen LogP contribution in [0.25, 0.3) is 0 Å². The van der Waals surface area contributed by atoms with Crippen molar-refractivity contribution in [2.75, 3.05) is 18.5 Å². The lowest BCUT2D eigenvalue weighted by molar-refractivity contribution is 0.321. The second-order valence-corrected chi connectivity index (χ2v) is 6.42. The van der Waals surface area contributed by atoms with Gasteiger partial charge < -0.3 is 10.2 Å². The van der Waals surface area contributed by atoms with Gasteiger partial charge >= 0.3 is 0 Å². The first-order valence-corrected chi connectivity index (χ1v) is 7.67. The van der Waals surface area contributed by atoms with Gasteiger partial charge in [0.1, 0.15) is 0 Å². The van der Waals surface area contributed by atoms with Crippen LogP contribution in [0.2, 0.25) is 5.02 Å². The summed E-state index contributed by atoms with van der Waals surface area (Å²) in [6.07, 6.45) is 4.18. The maximum Gasteiger partial charge on any atom is 0.0410 e. The van der Waals surface area contributed by atoms with Crippen molar-refractivity contribution < 1.29 is 0 Å². The molecule has 1 saturated carbocycles. The summed E-state index contributed by atoms with van der Waals surface area (Å²) in [5.41, 5.74) is 2.60. The smallest absolute Gasteiger partial charge is 0.0410 e. The molecule has 0 saturated heterocycles. The maximum absolute atomic E-state index is 6.13. The van der Waals surface area contributed by atoms with E-state index in [1.54, 1.807) is 0 Å². The zero-order chi connectivity index (χ0) is 13.8. The fourth-order valence-corrected chi connectivity index (χ4v) is 2.74. The molecule has 1 N–H and O–H groups in total. The summed E-state index contributed by atoms with van der Waals surface area (Å²) in [5.74, 6) is 0.881. The average molecular weight is 281 g/mol. The van der Waals surface area contributed by atoms with E-state index >= 15 is 0 Å². The monoisotopic (exact) mass is 280 g/mol. The molecule has 1 aliphatic carbocycles. The Hall–Kier alpha value is -0.730. The Morgan fingerprint density at radius 1 is 1.37 bits per heavy atom. The first-order chi connectivity index (χ1) is 9.06. The highest BCUT2D eigenvalue weighted by Gasteiger charge is 2.20. The molecule has 0 bridgehead atoms. The van der Waals surface area contributed by atoms with Crippen molar-refractivity contribution in [1.29, 1.82) is 0 Å². The molecular formula is C16H25ClN2. The van der Waals surface area contributed by atoms with E-state index in [4.69, 9.17) is 11.6 Å². The first-order valence-electron chi connectivity index (χ1n) is 7.29. The molecule has 1 aliphatic rings. The van der Waals surface area contributed by atoms with Gasteiger partial charge in [0.25, 0.3) is 0 Å². The van der Waals surface area contributed by atoms with Crippen molar-refractivity contribution in [3.8, 4) is 0 Å². The van der Waals surface area contributed by atoms with Gasteiger partial charge in [0, 0.05) is 36.9 Å². The van der Waals surface area contributed by atoms with E-state index in [9.17, 15) is 0 Å². The van der Waals surface area contributed by atoms with Crippen LogP contribution in [0.5, 0.6) is 0 Å². The van der Waals surface area contributed by atoms with Crippen LogP contribution < -0.4 is 10.2 Å². The van der Waals surface area contributed by atoms with E-state index in [2.05, 4.69) is 43.2 Å². The van der Waals surface area contributed by atoms with Crippen molar-refractivity contribution in [3.63, 3.8) is 0 Å². The van der Waals surface area contributed by atoms with E-state index in [1.165, 1.54) is 30.5 Å². The molecule has 1 fully saturated rings. The minimum Gasteiger partial charge on any atom is -0.374 e. The number of rotatable bonds is 6. The first kappa shape index (κ1) is 14.7. The van der Waals surface area contributed by atoms with Crippen LogP contribution in [0.4, 0.5) is 5.69 Å². The number of anilines is 1. The molecule has 0 heterocycles. The second kappa shape index (κ2) is 6.62. The lowest BCUT2D eigenvalue weighted by Gasteiger charge is -2.32. The van der Waals surface area contributed by atoms with Crippen LogP contribution in [-0.2, 0) is 6.54 Å². The topological polar surface area (TPSA) is 15.3 Å². The molecule has 19 heavy (non-hydrogen) atoms. The van der Waals surface area contributed by atoms with E-state index in [1.807, 2.05) is 6.07 Å². The predicted molar refractivity (Wildman–Crippen MR) is 84.0 cm³/mol. The third kappa shape index (κ3) is 4.12. The molecule has 0 unspecified atom stereocenters. The summed E-state index contributed by atoms with van der Waals surface area (Å²) in [5, 5.41) is 4.30. The molecule has 2 nitrogen and oxygen atoms in total. The lowest BCUT2D eigenvalue weighted by Crippen LogP contribution is -2.31. The molecular weight excluding hydrogens is 256 g/mol. The van der Waals surface area contributed by atoms with Gasteiger partial charge in [-0.3, -0.25) is 0 Å². The van der Waals surface area contributed by atoms with Crippen LogP contribution in [0.1, 0.15) is 38.7 Å². The van der Waals surface area contributed by atoms with Gasteiger partial charge in [0.15, 0.2) is 0 Å². The van der Waals surface area contributed by atoms with Crippen LogP contribution >= 0.6 is 11.6 Å². The normalized spacial score (nSPS) is 15.6. The van der Waals surface area contributed by atoms with Gasteiger partial charge in [-0.15, -0.1) is 0 Å². The Labute approximate surface area is 122 Å². The standard InChI is InChI=1S/C16H25ClN2/c1-12(2)18-10-14-9-15(17)7-8-16(14)19(3)11-13-5-4-6-13/h7-9,12-13,18H,4-6,10-11H2,1-3H3. The van der Waals surface area contributed by atoms with Gasteiger partial charge in [0.2, 0.25) is 0 Å². The molecule has 3 heteroatoms. The largest absolute Gasteiger partial charge is 0.374 e. The van der Waals surface area contributed by atoms with E-state index < -0.39 is 0 Å². The van der Waals surface area contributed by atoms with Gasteiger partial charge in [-0.25, -0.2) is 0 Å². The van der Waals surface area contributed by atoms with Crippen LogP contribution in [0.15, 0.2) is 18.2 Å². The molecule has 1 aromatic carbocycles. The summed E-state index contributed by atoms with van der Waals surface area (Å²) < 4.78 is 0. The molecule has 0 aromatic heterocycles. The molecule has 0 spiro atoms. The fourth-order valence-electron chi connectivity index (χ4n) is 2.54. The lowest BCUT2D eigenvalue weighted by atomic mass is 9.85. The van der Waals surface area contributed by atoms with E-state index in [-0.39, 0.29) is 0 Å². The van der Waals surface area contributed by atoms with Crippen molar-refractivity contribution in [1.82, 2.24) is 5.32 Å². The van der Waals surface area contributed by atoms with E-state index in [0.717, 1.165) is 24.0 Å². The number of nitrogens with zero attached hydrogens (tertiary/aromatic N) is 1. The molecule has 106 valence electrons. The molecule has 1 aromatic rings. The summed E-state index contributed by atoms with van der Waals surface area (Å²) in [7, 11) is 2.19. The Morgan fingerprint density at radius 3 is 2.68 bits per heavy atom. The fraction of sp³-hybridized carbons (Fsp3) is 0.625. The highest BCUT2D eigenvalue weighted by Crippen LogP contribution is 2.30. The van der Waals surface area contributed by atoms with Crippen molar-refractivity contribution in [2.45, 2.75) is 45.7 Å². The molecule has 0 aliphatic heterocycles. The third-order valence-corrected chi connectivity index (χ3v) is 4.15. The number of hydrogen-bond acceptors (Lipinski definition) is 2. The predicted octanol–water partition coefficient (Wildman–Crippen LogP) is 4.07. The number of halogens is 1. The maximum atomic E-state index is 6.13. The third-order valence-electron chi connectivity index (χ3n) is 3.91. The minimum atomic E-state index is 0.490. The number of nitrogens with one attached hydrogen (secondary N) is 1. The number of hydrogen-bond donors (Lipinski definition) is 1. The number of benzene rings is 1. The van der Waals surface area contributed by atoms with Gasteiger partial charge in [-0.1, -0.05) is 31.9 Å². The summed E-state index contributed by atoms with van der Waals surface area (Å²) in [6.45, 7) is 6.38. The molecule has 0 radical (unpaired) electrons. The zero-order valence-electron chi connectivity index (χ0n) is 12.2. The second-order valence-electron chi connectivity index (χ2n) is 5.99. The summed E-state index contributed by atoms with van der Waals surface area (Å²) >= 11 is 6.13. The van der Waals surface area contributed by atoms with Crippen LogP contribution in [0, 0.1) is 5.92 Å². The zero-order valence-corrected chi connectivity index (χ0v) is 13.0. The Morgan fingerprint density at radius 2 is 2.11 bits per heavy atom. The highest BCUT2D eigenvalue weighted by atomic mass is 35.5. The van der Waals surface area contributed by atoms with Crippen molar-refractivity contribution in [2.24, 2.45) is 5.92 Å². The Balaban J connectivity index is 2.07. The van der Waals surface area contributed by atoms with Gasteiger partial charge in [-0.05, 0) is 42.5 Å².